The molecule has 0 radical (unpaired) electrons. The predicted molar refractivity (Wildman–Crippen MR) is 93.5 cm³/mol. The van der Waals surface area contributed by atoms with E-state index >= 15 is 0 Å². The molecule has 28 heavy (non-hydrogen) atoms. The molecule has 2 rings (SSSR count). The van der Waals surface area contributed by atoms with Gasteiger partial charge in [-0.2, -0.15) is 10.1 Å². The van der Waals surface area contributed by atoms with Gasteiger partial charge in [0.05, 0.1) is 28.4 Å². The first-order chi connectivity index (χ1) is 13.4. The molecule has 2 atom stereocenters. The van der Waals surface area contributed by atoms with E-state index in [1.807, 2.05) is 0 Å². The van der Waals surface area contributed by atoms with E-state index in [0.29, 0.717) is 0 Å². The van der Waals surface area contributed by atoms with Crippen molar-refractivity contribution in [1.82, 2.24) is 35.6 Å². The number of rotatable bonds is 8. The molecule has 0 bridgehead atoms. The Labute approximate surface area is 162 Å². The van der Waals surface area contributed by atoms with Gasteiger partial charge in [-0.05, 0) is 0 Å². The van der Waals surface area contributed by atoms with E-state index in [9.17, 15) is 0 Å². The highest BCUT2D eigenvalue weighted by Gasteiger charge is 2.63. The number of hydrogen-bond acceptors (Lipinski definition) is 15. The lowest BCUT2D eigenvalue weighted by Crippen LogP contribution is -2.81. The van der Waals surface area contributed by atoms with Crippen LogP contribution in [0.1, 0.15) is 0 Å². The lowest BCUT2D eigenvalue weighted by molar-refractivity contribution is -0.534. The average Bonchev–Trinajstić information content (AvgIpc) is 2.74. The second-order valence-corrected chi connectivity index (χ2v) is 4.79. The first-order valence-corrected chi connectivity index (χ1v) is 7.71. The number of aromatic nitrogens is 3. The lowest BCUT2D eigenvalue weighted by Gasteiger charge is -2.55. The van der Waals surface area contributed by atoms with Crippen LogP contribution >= 0.6 is 0 Å². The highest BCUT2D eigenvalue weighted by molar-refractivity contribution is 5.78. The number of nitrogens with zero attached hydrogens (tertiary/aromatic N) is 7. The Kier molecular flexibility index (Phi) is 9.46. The van der Waals surface area contributed by atoms with E-state index in [-0.39, 0.29) is 5.96 Å². The third-order valence-corrected chi connectivity index (χ3v) is 3.52. The largest absolute Gasteiger partial charge is 0.368 e. The van der Waals surface area contributed by atoms with E-state index in [4.69, 9.17) is 34.6 Å². The Balaban J connectivity index is 0.000000552. The Bertz CT molecular complexity index is 572. The molecule has 0 aliphatic carbocycles. The van der Waals surface area contributed by atoms with Crippen molar-refractivity contribution in [3.05, 3.63) is 19.0 Å². The van der Waals surface area contributed by atoms with Crippen molar-refractivity contribution in [2.24, 2.45) is 10.7 Å². The summed E-state index contributed by atoms with van der Waals surface area (Å²) in [6.07, 6.45) is 4.31. The Morgan fingerprint density at radius 2 is 1.54 bits per heavy atom. The molecule has 0 fully saturated rings. The molecule has 0 spiro atoms. The minimum absolute atomic E-state index is 0.0760. The number of hydroxylamine groups is 7. The van der Waals surface area contributed by atoms with Crippen LogP contribution in [-0.2, 0) is 28.8 Å². The molecule has 15 heteroatoms. The Morgan fingerprint density at radius 1 is 0.964 bits per heavy atom. The Morgan fingerprint density at radius 3 is 1.86 bits per heavy atom. The van der Waals surface area contributed by atoms with Crippen LogP contribution in [0.5, 0.6) is 0 Å². The van der Waals surface area contributed by atoms with Gasteiger partial charge in [0.1, 0.15) is 19.0 Å². The minimum Gasteiger partial charge on any atom is -0.368 e. The van der Waals surface area contributed by atoms with E-state index in [0.717, 1.165) is 10.1 Å². The van der Waals surface area contributed by atoms with Crippen LogP contribution in [0.4, 0.5) is 0 Å². The van der Waals surface area contributed by atoms with Gasteiger partial charge in [0, 0.05) is 21.3 Å². The predicted octanol–water partition coefficient (Wildman–Crippen LogP) is -1.93. The molecule has 0 amide bonds. The maximum Gasteiger partial charge on any atom is 0.340 e. The van der Waals surface area contributed by atoms with Crippen LogP contribution in [0.3, 0.4) is 0 Å². The molecular weight excluding hydrogens is 378 g/mol. The van der Waals surface area contributed by atoms with Crippen molar-refractivity contribution in [3.8, 4) is 0 Å². The van der Waals surface area contributed by atoms with Gasteiger partial charge in [-0.25, -0.2) is 15.0 Å². The third-order valence-electron chi connectivity index (χ3n) is 3.52. The second-order valence-electron chi connectivity index (χ2n) is 4.79. The summed E-state index contributed by atoms with van der Waals surface area (Å²) in [6.45, 7) is 0. The fourth-order valence-corrected chi connectivity index (χ4v) is 2.37. The van der Waals surface area contributed by atoms with Crippen molar-refractivity contribution in [1.29, 1.82) is 0 Å². The molecule has 2 heterocycles. The van der Waals surface area contributed by atoms with Crippen molar-refractivity contribution < 1.29 is 28.8 Å². The van der Waals surface area contributed by atoms with Crippen LogP contribution in [0.2, 0.25) is 0 Å². The van der Waals surface area contributed by atoms with Gasteiger partial charge in [0.25, 0.3) is 0 Å². The lowest BCUT2D eigenvalue weighted by atomic mass is 10.4. The summed E-state index contributed by atoms with van der Waals surface area (Å²) in [5.74, 6) is -3.36. The van der Waals surface area contributed by atoms with Gasteiger partial charge in [0.15, 0.2) is 0 Å². The maximum atomic E-state index is 5.96. The zero-order valence-corrected chi connectivity index (χ0v) is 16.9. The van der Waals surface area contributed by atoms with Gasteiger partial charge >= 0.3 is 11.9 Å². The SMILES string of the molecule is CONC1(OC)N=C(N)N(OC)C(OC)(N(C)OC)N1OC.c1ncncn1. The van der Waals surface area contributed by atoms with Crippen molar-refractivity contribution in [3.63, 3.8) is 0 Å². The van der Waals surface area contributed by atoms with E-state index in [1.165, 1.54) is 66.7 Å². The topological polar surface area (TPSA) is 154 Å². The number of nitrogens with two attached hydrogens (primary N) is 1. The minimum atomic E-state index is -1.66. The fourth-order valence-electron chi connectivity index (χ4n) is 2.37. The van der Waals surface area contributed by atoms with Crippen LogP contribution in [-0.4, -0.2) is 97.8 Å². The summed E-state index contributed by atoms with van der Waals surface area (Å²) in [5.41, 5.74) is 8.52. The molecule has 0 saturated carbocycles. The molecule has 1 aromatic rings. The highest BCUT2D eigenvalue weighted by Crippen LogP contribution is 2.36. The van der Waals surface area contributed by atoms with Crippen molar-refractivity contribution >= 4 is 5.96 Å². The van der Waals surface area contributed by atoms with Crippen molar-refractivity contribution in [2.75, 3.05) is 49.7 Å². The van der Waals surface area contributed by atoms with Gasteiger partial charge in [-0.3, -0.25) is 19.4 Å². The van der Waals surface area contributed by atoms with E-state index in [2.05, 4.69) is 25.4 Å². The van der Waals surface area contributed by atoms with Crippen molar-refractivity contribution in [2.45, 2.75) is 11.9 Å². The zero-order valence-electron chi connectivity index (χ0n) is 16.9. The number of ether oxygens (including phenoxy) is 2. The summed E-state index contributed by atoms with van der Waals surface area (Å²) >= 11 is 0. The van der Waals surface area contributed by atoms with Gasteiger partial charge < -0.3 is 15.2 Å². The normalized spacial score (nSPS) is 25.3. The zero-order chi connectivity index (χ0) is 21.2. The third kappa shape index (κ3) is 4.49. The monoisotopic (exact) mass is 405 g/mol. The highest BCUT2D eigenvalue weighted by atomic mass is 16.9. The number of hydrogen-bond donors (Lipinski definition) is 2. The molecule has 1 aliphatic rings. The summed E-state index contributed by atoms with van der Waals surface area (Å²) in [6, 6.07) is 0. The van der Waals surface area contributed by atoms with Crippen LogP contribution in [0.15, 0.2) is 24.0 Å². The molecule has 2 unspecified atom stereocenters. The smallest absolute Gasteiger partial charge is 0.340 e. The molecule has 3 N–H and O–H groups in total. The van der Waals surface area contributed by atoms with Crippen LogP contribution < -0.4 is 11.2 Å². The summed E-state index contributed by atoms with van der Waals surface area (Å²) in [5, 5.41) is 3.58. The standard InChI is InChI=1S/C10H24N6O6.C3H3N3/c1-14(20-5)10(18-3)15(21-6)8(11)12-9(17-2,13-19-4)16(10)22-7;1-4-2-6-3-5-1/h13H,1-7H3,(H2,11,12);1-3H. The maximum absolute atomic E-state index is 5.96. The van der Waals surface area contributed by atoms with E-state index in [1.54, 1.807) is 7.05 Å². The number of aliphatic imine (C=N–C) groups is 1. The van der Waals surface area contributed by atoms with Crippen LogP contribution in [0, 0.1) is 0 Å². The van der Waals surface area contributed by atoms with Gasteiger partial charge in [-0.15, -0.1) is 10.5 Å². The van der Waals surface area contributed by atoms with E-state index < -0.39 is 11.9 Å². The number of nitrogens with one attached hydrogen (secondary N) is 1. The fraction of sp³-hybridized carbons (Fsp3) is 0.692. The average molecular weight is 405 g/mol. The van der Waals surface area contributed by atoms with Crippen LogP contribution in [0.25, 0.3) is 0 Å². The summed E-state index contributed by atoms with van der Waals surface area (Å²) in [7, 11) is 9.95. The molecule has 160 valence electrons. The molecule has 1 aromatic heterocycles. The molecular formula is C13H27N9O6. The quantitative estimate of drug-likeness (QED) is 0.364. The number of methoxy groups -OCH3 is 2. The summed E-state index contributed by atoms with van der Waals surface area (Å²) < 4.78 is 11.0. The first-order valence-electron chi connectivity index (χ1n) is 7.71. The Hall–Kier alpha value is -2.08. The molecule has 0 saturated heterocycles. The molecule has 0 aromatic carbocycles. The first kappa shape index (κ1) is 24.0. The summed E-state index contributed by atoms with van der Waals surface area (Å²) in [4.78, 5) is 35.7. The van der Waals surface area contributed by atoms with Gasteiger partial charge in [0.2, 0.25) is 5.96 Å². The molecule has 1 aliphatic heterocycles. The number of guanidine groups is 1. The molecule has 15 nitrogen and oxygen atoms in total. The second kappa shape index (κ2) is 11.1. The van der Waals surface area contributed by atoms with Gasteiger partial charge in [-0.1, -0.05) is 5.06 Å².